The molecule has 0 fully saturated rings. The Kier molecular flexibility index (Phi) is 6.95. The normalized spacial score (nSPS) is 16.8. The fourth-order valence-corrected chi connectivity index (χ4v) is 4.11. The molecular weight excluding hydrogens is 398 g/mol. The number of carbonyl (C=O) groups excluding carboxylic acids is 1. The van der Waals surface area contributed by atoms with Gasteiger partial charge in [0.25, 0.3) is 0 Å². The largest absolute Gasteiger partial charge is 0.497 e. The van der Waals surface area contributed by atoms with Crippen LogP contribution in [0.4, 0.5) is 0 Å². The number of hydrogen-bond acceptors (Lipinski definition) is 5. The summed E-state index contributed by atoms with van der Waals surface area (Å²) >= 11 is 5.66. The molecule has 0 aromatic heterocycles. The number of fused-ring (bicyclic) bond motifs is 1. The molecule has 1 aliphatic heterocycles. The number of nitrogens with one attached hydrogen (secondary N) is 1. The van der Waals surface area contributed by atoms with E-state index in [0.717, 1.165) is 47.3 Å². The molecule has 160 valence electrons. The van der Waals surface area contributed by atoms with Crippen molar-refractivity contribution < 1.29 is 14.3 Å². The molecule has 0 unspecified atom stereocenters. The first-order valence-electron chi connectivity index (χ1n) is 9.95. The highest BCUT2D eigenvalue weighted by molar-refractivity contribution is 7.80. The summed E-state index contributed by atoms with van der Waals surface area (Å²) in [5.41, 5.74) is 2.38. The maximum atomic E-state index is 12.7. The van der Waals surface area contributed by atoms with E-state index in [1.54, 1.807) is 7.11 Å². The van der Waals surface area contributed by atoms with E-state index in [4.69, 9.17) is 21.7 Å². The number of allylic oxidation sites excluding steroid dienone is 1. The molecule has 2 aromatic rings. The molecule has 0 amide bonds. The second-order valence-corrected chi connectivity index (χ2v) is 8.04. The van der Waals surface area contributed by atoms with Crippen molar-refractivity contribution in [1.82, 2.24) is 15.1 Å². The third-order valence-corrected chi connectivity index (χ3v) is 5.73. The molecule has 0 saturated carbocycles. The number of rotatable bonds is 7. The Hall–Kier alpha value is -2.64. The minimum atomic E-state index is -0.360. The molecule has 0 spiro atoms. The second kappa shape index (κ2) is 9.45. The van der Waals surface area contributed by atoms with Crippen molar-refractivity contribution in [2.75, 3.05) is 41.4 Å². The van der Waals surface area contributed by atoms with E-state index in [2.05, 4.69) is 16.3 Å². The van der Waals surface area contributed by atoms with Gasteiger partial charge in [-0.3, -0.25) is 0 Å². The number of ether oxygens (including phenoxy) is 2. The lowest BCUT2D eigenvalue weighted by Gasteiger charge is -2.37. The van der Waals surface area contributed by atoms with Gasteiger partial charge in [0.1, 0.15) is 5.75 Å². The Morgan fingerprint density at radius 1 is 1.17 bits per heavy atom. The summed E-state index contributed by atoms with van der Waals surface area (Å²) in [6, 6.07) is 11.7. The molecule has 1 aliphatic rings. The molecule has 0 aliphatic carbocycles. The van der Waals surface area contributed by atoms with Gasteiger partial charge in [-0.05, 0) is 80.7 Å². The zero-order valence-corrected chi connectivity index (χ0v) is 19.0. The summed E-state index contributed by atoms with van der Waals surface area (Å²) in [4.78, 5) is 16.9. The van der Waals surface area contributed by atoms with Crippen molar-refractivity contribution in [2.24, 2.45) is 0 Å². The van der Waals surface area contributed by atoms with Crippen LogP contribution in [0.1, 0.15) is 24.9 Å². The van der Waals surface area contributed by atoms with Crippen molar-refractivity contribution >= 4 is 34.1 Å². The SMILES string of the molecule is COC(=O)C1=C(C)N(CCCN(C)C)C(=S)N[C@H]1c1ccc2cc(OC)ccc2c1. The molecule has 3 rings (SSSR count). The van der Waals surface area contributed by atoms with Crippen LogP contribution in [-0.2, 0) is 9.53 Å². The Labute approximate surface area is 183 Å². The fourth-order valence-electron chi connectivity index (χ4n) is 3.77. The third-order valence-electron chi connectivity index (χ3n) is 5.39. The molecule has 2 aromatic carbocycles. The number of thiocarbonyl (C=S) groups is 1. The standard InChI is InChI=1S/C23H29N3O3S/c1-15-20(22(27)29-5)21(24-23(30)26(15)12-6-11-25(2)3)18-8-7-17-14-19(28-4)10-9-16(17)13-18/h7-10,13-14,21H,6,11-12H2,1-5H3,(H,24,30)/t21-/m0/s1. The Bertz CT molecular complexity index is 987. The molecule has 6 nitrogen and oxygen atoms in total. The first kappa shape index (κ1) is 22.1. The lowest BCUT2D eigenvalue weighted by atomic mass is 9.93. The topological polar surface area (TPSA) is 54.0 Å². The van der Waals surface area contributed by atoms with Crippen molar-refractivity contribution in [3.63, 3.8) is 0 Å². The highest BCUT2D eigenvalue weighted by Crippen LogP contribution is 2.33. The summed E-state index contributed by atoms with van der Waals surface area (Å²) in [6.45, 7) is 3.62. The zero-order chi connectivity index (χ0) is 21.8. The molecule has 1 N–H and O–H groups in total. The average Bonchev–Trinajstić information content (AvgIpc) is 2.74. The predicted molar refractivity (Wildman–Crippen MR) is 124 cm³/mol. The minimum absolute atomic E-state index is 0.347. The molecule has 1 heterocycles. The number of carbonyl (C=O) groups is 1. The fraction of sp³-hybridized carbons (Fsp3) is 0.391. The van der Waals surface area contributed by atoms with Crippen molar-refractivity contribution in [1.29, 1.82) is 0 Å². The van der Waals surface area contributed by atoms with Gasteiger partial charge in [-0.1, -0.05) is 18.2 Å². The number of nitrogens with zero attached hydrogens (tertiary/aromatic N) is 2. The van der Waals surface area contributed by atoms with E-state index in [0.29, 0.717) is 10.7 Å². The van der Waals surface area contributed by atoms with Gasteiger partial charge in [0.05, 0.1) is 25.8 Å². The van der Waals surface area contributed by atoms with E-state index in [1.807, 2.05) is 56.3 Å². The first-order valence-corrected chi connectivity index (χ1v) is 10.4. The third kappa shape index (κ3) is 4.57. The van der Waals surface area contributed by atoms with Crippen LogP contribution in [0.3, 0.4) is 0 Å². The first-order chi connectivity index (χ1) is 14.3. The molecular formula is C23H29N3O3S. The van der Waals surface area contributed by atoms with Gasteiger partial charge < -0.3 is 24.6 Å². The van der Waals surface area contributed by atoms with Crippen LogP contribution in [0.5, 0.6) is 5.75 Å². The molecule has 1 atom stereocenters. The molecule has 0 saturated heterocycles. The lowest BCUT2D eigenvalue weighted by molar-refractivity contribution is -0.136. The highest BCUT2D eigenvalue weighted by atomic mass is 32.1. The number of esters is 1. The maximum absolute atomic E-state index is 12.7. The van der Waals surface area contributed by atoms with E-state index in [1.165, 1.54) is 7.11 Å². The van der Waals surface area contributed by atoms with Crippen LogP contribution in [-0.4, -0.2) is 62.3 Å². The van der Waals surface area contributed by atoms with Crippen LogP contribution < -0.4 is 10.1 Å². The Balaban J connectivity index is 1.98. The van der Waals surface area contributed by atoms with Crippen LogP contribution in [0.2, 0.25) is 0 Å². The van der Waals surface area contributed by atoms with Gasteiger partial charge in [-0.25, -0.2) is 4.79 Å². The summed E-state index contributed by atoms with van der Waals surface area (Å²) in [5, 5.41) is 6.13. The van der Waals surface area contributed by atoms with Gasteiger partial charge in [0.2, 0.25) is 0 Å². The van der Waals surface area contributed by atoms with E-state index >= 15 is 0 Å². The van der Waals surface area contributed by atoms with E-state index < -0.39 is 0 Å². The smallest absolute Gasteiger partial charge is 0.337 e. The highest BCUT2D eigenvalue weighted by Gasteiger charge is 2.34. The Morgan fingerprint density at radius 3 is 2.53 bits per heavy atom. The minimum Gasteiger partial charge on any atom is -0.497 e. The Morgan fingerprint density at radius 2 is 1.87 bits per heavy atom. The quantitative estimate of drug-likeness (QED) is 0.536. The molecule has 30 heavy (non-hydrogen) atoms. The van der Waals surface area contributed by atoms with Gasteiger partial charge in [-0.15, -0.1) is 0 Å². The van der Waals surface area contributed by atoms with Crippen molar-refractivity contribution in [2.45, 2.75) is 19.4 Å². The maximum Gasteiger partial charge on any atom is 0.337 e. The van der Waals surface area contributed by atoms with Crippen LogP contribution in [0.25, 0.3) is 10.8 Å². The van der Waals surface area contributed by atoms with Crippen molar-refractivity contribution in [3.05, 3.63) is 53.2 Å². The summed E-state index contributed by atoms with van der Waals surface area (Å²) < 4.78 is 10.4. The van der Waals surface area contributed by atoms with Gasteiger partial charge in [0.15, 0.2) is 5.11 Å². The van der Waals surface area contributed by atoms with Crippen LogP contribution >= 0.6 is 12.2 Å². The van der Waals surface area contributed by atoms with Gasteiger partial charge in [0, 0.05) is 12.2 Å². The average molecular weight is 428 g/mol. The number of benzene rings is 2. The summed E-state index contributed by atoms with van der Waals surface area (Å²) in [5.74, 6) is 0.464. The van der Waals surface area contributed by atoms with Crippen molar-refractivity contribution in [3.8, 4) is 5.75 Å². The van der Waals surface area contributed by atoms with Crippen LogP contribution in [0, 0.1) is 0 Å². The van der Waals surface area contributed by atoms with Crippen LogP contribution in [0.15, 0.2) is 47.7 Å². The number of hydrogen-bond donors (Lipinski definition) is 1. The zero-order valence-electron chi connectivity index (χ0n) is 18.2. The second-order valence-electron chi connectivity index (χ2n) is 7.65. The lowest BCUT2D eigenvalue weighted by Crippen LogP contribution is -2.48. The summed E-state index contributed by atoms with van der Waals surface area (Å²) in [7, 11) is 7.15. The van der Waals surface area contributed by atoms with Gasteiger partial charge in [-0.2, -0.15) is 0 Å². The monoisotopic (exact) mass is 427 g/mol. The molecule has 0 bridgehead atoms. The van der Waals surface area contributed by atoms with E-state index in [9.17, 15) is 4.79 Å². The molecule has 0 radical (unpaired) electrons. The van der Waals surface area contributed by atoms with Gasteiger partial charge >= 0.3 is 5.97 Å². The van der Waals surface area contributed by atoms with E-state index in [-0.39, 0.29) is 12.0 Å². The summed E-state index contributed by atoms with van der Waals surface area (Å²) in [6.07, 6.45) is 0.934. The molecule has 7 heteroatoms. The predicted octanol–water partition coefficient (Wildman–Crippen LogP) is 3.48. The number of methoxy groups -OCH3 is 2.